The molecule has 0 bridgehead atoms. The van der Waals surface area contributed by atoms with Gasteiger partial charge in [0.15, 0.2) is 0 Å². The fourth-order valence-corrected chi connectivity index (χ4v) is 3.21. The average Bonchev–Trinajstić information content (AvgIpc) is 2.98. The molecule has 3 N–H and O–H groups in total. The van der Waals surface area contributed by atoms with Crippen molar-refractivity contribution in [2.75, 3.05) is 31.5 Å². The first-order valence-electron chi connectivity index (χ1n) is 8.46. The number of amides is 1. The molecule has 1 saturated heterocycles. The Morgan fingerprint density at radius 3 is 2.42 bits per heavy atom. The molecule has 4 nitrogen and oxygen atoms in total. The van der Waals surface area contributed by atoms with Crippen molar-refractivity contribution in [2.45, 2.75) is 13.3 Å². The van der Waals surface area contributed by atoms with E-state index < -0.39 is 0 Å². The Balaban J connectivity index is 1.55. The van der Waals surface area contributed by atoms with Gasteiger partial charge < -0.3 is 11.1 Å². The van der Waals surface area contributed by atoms with Crippen LogP contribution in [0.3, 0.4) is 0 Å². The first kappa shape index (κ1) is 16.7. The molecule has 4 heteroatoms. The predicted molar refractivity (Wildman–Crippen MR) is 98.7 cm³/mol. The maximum atomic E-state index is 12.2. The zero-order chi connectivity index (χ0) is 17.0. The zero-order valence-electron chi connectivity index (χ0n) is 14.2. The van der Waals surface area contributed by atoms with Crippen LogP contribution in [0, 0.1) is 5.41 Å². The van der Waals surface area contributed by atoms with E-state index in [0.29, 0.717) is 13.1 Å². The molecule has 1 amide bonds. The number of carbonyl (C=O) groups is 1. The number of benzene rings is 2. The fraction of sp³-hybridized carbons (Fsp3) is 0.350. The monoisotopic (exact) mass is 323 g/mol. The SMILES string of the molecule is CC1(CN)CCN(CC(=O)Nc2ccc(-c3ccccc3)cc2)C1. The normalized spacial score (nSPS) is 20.9. The minimum Gasteiger partial charge on any atom is -0.330 e. The summed E-state index contributed by atoms with van der Waals surface area (Å²) in [5.41, 5.74) is 9.12. The van der Waals surface area contributed by atoms with Gasteiger partial charge in [0.25, 0.3) is 0 Å². The lowest BCUT2D eigenvalue weighted by Gasteiger charge is -2.22. The maximum absolute atomic E-state index is 12.2. The van der Waals surface area contributed by atoms with Crippen LogP contribution in [0.15, 0.2) is 54.6 Å². The molecular weight excluding hydrogens is 298 g/mol. The number of nitrogens with one attached hydrogen (secondary N) is 1. The summed E-state index contributed by atoms with van der Waals surface area (Å²) in [5.74, 6) is 0.0312. The molecule has 0 radical (unpaired) electrons. The van der Waals surface area contributed by atoms with E-state index in [1.807, 2.05) is 42.5 Å². The Morgan fingerprint density at radius 1 is 1.12 bits per heavy atom. The molecule has 1 fully saturated rings. The van der Waals surface area contributed by atoms with Crippen molar-refractivity contribution in [3.63, 3.8) is 0 Å². The standard InChI is InChI=1S/C20H25N3O/c1-20(14-21)11-12-23(15-20)13-19(24)22-18-9-7-17(8-10-18)16-5-3-2-4-6-16/h2-10H,11-15,21H2,1H3,(H,22,24). The summed E-state index contributed by atoms with van der Waals surface area (Å²) >= 11 is 0. The van der Waals surface area contributed by atoms with Gasteiger partial charge in [-0.3, -0.25) is 9.69 Å². The van der Waals surface area contributed by atoms with Crippen LogP contribution in [0.2, 0.25) is 0 Å². The number of carbonyl (C=O) groups excluding carboxylic acids is 1. The van der Waals surface area contributed by atoms with Crippen LogP contribution >= 0.6 is 0 Å². The van der Waals surface area contributed by atoms with E-state index in [1.165, 1.54) is 5.56 Å². The largest absolute Gasteiger partial charge is 0.330 e. The summed E-state index contributed by atoms with van der Waals surface area (Å²) in [6.07, 6.45) is 1.06. The molecule has 1 aliphatic rings. The molecule has 24 heavy (non-hydrogen) atoms. The zero-order valence-corrected chi connectivity index (χ0v) is 14.2. The smallest absolute Gasteiger partial charge is 0.238 e. The van der Waals surface area contributed by atoms with Crippen LogP contribution in [-0.2, 0) is 4.79 Å². The van der Waals surface area contributed by atoms with E-state index >= 15 is 0 Å². The van der Waals surface area contributed by atoms with E-state index in [4.69, 9.17) is 5.73 Å². The Morgan fingerprint density at radius 2 is 1.79 bits per heavy atom. The van der Waals surface area contributed by atoms with Crippen molar-refractivity contribution in [3.05, 3.63) is 54.6 Å². The number of hydrogen-bond donors (Lipinski definition) is 2. The molecule has 1 atom stereocenters. The highest BCUT2D eigenvalue weighted by atomic mass is 16.2. The van der Waals surface area contributed by atoms with Gasteiger partial charge in [-0.25, -0.2) is 0 Å². The van der Waals surface area contributed by atoms with E-state index in [1.54, 1.807) is 0 Å². The van der Waals surface area contributed by atoms with Gasteiger partial charge in [0, 0.05) is 12.2 Å². The molecule has 1 heterocycles. The second-order valence-electron chi connectivity index (χ2n) is 6.97. The predicted octanol–water partition coefficient (Wildman–Crippen LogP) is 2.96. The van der Waals surface area contributed by atoms with Gasteiger partial charge in [0.2, 0.25) is 5.91 Å². The van der Waals surface area contributed by atoms with Crippen molar-refractivity contribution in [3.8, 4) is 11.1 Å². The van der Waals surface area contributed by atoms with Crippen LogP contribution in [0.1, 0.15) is 13.3 Å². The Kier molecular flexibility index (Phi) is 4.97. The minimum atomic E-state index is 0.0312. The van der Waals surface area contributed by atoms with Crippen molar-refractivity contribution in [1.82, 2.24) is 4.90 Å². The number of hydrogen-bond acceptors (Lipinski definition) is 3. The summed E-state index contributed by atoms with van der Waals surface area (Å²) in [7, 11) is 0. The Labute approximate surface area is 143 Å². The lowest BCUT2D eigenvalue weighted by molar-refractivity contribution is -0.117. The van der Waals surface area contributed by atoms with Gasteiger partial charge in [0.05, 0.1) is 6.54 Å². The van der Waals surface area contributed by atoms with Gasteiger partial charge in [-0.15, -0.1) is 0 Å². The van der Waals surface area contributed by atoms with Gasteiger partial charge in [-0.05, 0) is 48.2 Å². The molecule has 2 aromatic carbocycles. The summed E-state index contributed by atoms with van der Waals surface area (Å²) in [6.45, 7) is 5.12. The van der Waals surface area contributed by atoms with Crippen molar-refractivity contribution in [1.29, 1.82) is 0 Å². The first-order chi connectivity index (χ1) is 11.6. The lowest BCUT2D eigenvalue weighted by atomic mass is 9.90. The van der Waals surface area contributed by atoms with E-state index in [9.17, 15) is 4.79 Å². The van der Waals surface area contributed by atoms with Gasteiger partial charge >= 0.3 is 0 Å². The fourth-order valence-electron chi connectivity index (χ4n) is 3.21. The van der Waals surface area contributed by atoms with E-state index in [2.05, 4.69) is 29.3 Å². The van der Waals surface area contributed by atoms with Crippen LogP contribution < -0.4 is 11.1 Å². The van der Waals surface area contributed by atoms with Gasteiger partial charge in [0.1, 0.15) is 0 Å². The molecule has 0 spiro atoms. The minimum absolute atomic E-state index is 0.0312. The molecular formula is C20H25N3O. The van der Waals surface area contributed by atoms with Crippen LogP contribution in [0.4, 0.5) is 5.69 Å². The van der Waals surface area contributed by atoms with Gasteiger partial charge in [-0.2, -0.15) is 0 Å². The van der Waals surface area contributed by atoms with E-state index in [-0.39, 0.29) is 11.3 Å². The average molecular weight is 323 g/mol. The molecule has 3 rings (SSSR count). The van der Waals surface area contributed by atoms with Gasteiger partial charge in [-0.1, -0.05) is 49.4 Å². The molecule has 126 valence electrons. The van der Waals surface area contributed by atoms with Crippen LogP contribution in [-0.4, -0.2) is 37.0 Å². The topological polar surface area (TPSA) is 58.4 Å². The number of nitrogens with zero attached hydrogens (tertiary/aromatic N) is 1. The number of nitrogens with two attached hydrogens (primary N) is 1. The molecule has 1 unspecified atom stereocenters. The summed E-state index contributed by atoms with van der Waals surface area (Å²) in [5, 5.41) is 2.98. The van der Waals surface area contributed by atoms with Crippen molar-refractivity contribution < 1.29 is 4.79 Å². The molecule has 2 aromatic rings. The summed E-state index contributed by atoms with van der Waals surface area (Å²) < 4.78 is 0. The second kappa shape index (κ2) is 7.16. The highest BCUT2D eigenvalue weighted by Gasteiger charge is 2.33. The first-order valence-corrected chi connectivity index (χ1v) is 8.46. The maximum Gasteiger partial charge on any atom is 0.238 e. The van der Waals surface area contributed by atoms with E-state index in [0.717, 1.165) is 30.8 Å². The Hall–Kier alpha value is -2.17. The quantitative estimate of drug-likeness (QED) is 0.889. The second-order valence-corrected chi connectivity index (χ2v) is 6.97. The van der Waals surface area contributed by atoms with Crippen molar-refractivity contribution in [2.24, 2.45) is 11.1 Å². The third-order valence-electron chi connectivity index (χ3n) is 4.77. The summed E-state index contributed by atoms with van der Waals surface area (Å²) in [6, 6.07) is 18.2. The highest BCUT2D eigenvalue weighted by Crippen LogP contribution is 2.28. The third kappa shape index (κ3) is 4.02. The number of likely N-dealkylation sites (tertiary alicyclic amines) is 1. The number of rotatable bonds is 5. The molecule has 0 aromatic heterocycles. The Bertz CT molecular complexity index is 684. The number of anilines is 1. The molecule has 1 aliphatic heterocycles. The molecule has 0 saturated carbocycles. The molecule has 0 aliphatic carbocycles. The summed E-state index contributed by atoms with van der Waals surface area (Å²) in [4.78, 5) is 14.4. The third-order valence-corrected chi connectivity index (χ3v) is 4.77. The van der Waals surface area contributed by atoms with Crippen LogP contribution in [0.25, 0.3) is 11.1 Å². The lowest BCUT2D eigenvalue weighted by Crippen LogP contribution is -2.35. The highest BCUT2D eigenvalue weighted by molar-refractivity contribution is 5.92. The van der Waals surface area contributed by atoms with Crippen molar-refractivity contribution >= 4 is 11.6 Å². The van der Waals surface area contributed by atoms with Crippen LogP contribution in [0.5, 0.6) is 0 Å².